The van der Waals surface area contributed by atoms with Gasteiger partial charge >= 0.3 is 0 Å². The van der Waals surface area contributed by atoms with Gasteiger partial charge in [-0.25, -0.2) is 0 Å². The molecule has 0 radical (unpaired) electrons. The van der Waals surface area contributed by atoms with Crippen LogP contribution in [0.15, 0.2) is 28.7 Å². The molecule has 3 rings (SSSR count). The number of hydrogen-bond donors (Lipinski definition) is 1. The summed E-state index contributed by atoms with van der Waals surface area (Å²) < 4.78 is 6.60. The number of nitrogens with one attached hydrogen (secondary N) is 1. The van der Waals surface area contributed by atoms with E-state index in [-0.39, 0.29) is 17.9 Å². The minimum atomic E-state index is -0.132. The minimum absolute atomic E-state index is 0.106. The van der Waals surface area contributed by atoms with Crippen molar-refractivity contribution in [2.75, 3.05) is 32.8 Å². The minimum Gasteiger partial charge on any atom is -0.493 e. The Bertz CT molecular complexity index is 643. The van der Waals surface area contributed by atoms with Gasteiger partial charge in [0.05, 0.1) is 19.1 Å². The molecule has 1 atom stereocenters. The molecule has 1 aromatic carbocycles. The van der Waals surface area contributed by atoms with Crippen LogP contribution in [0.25, 0.3) is 0 Å². The fourth-order valence-electron chi connectivity index (χ4n) is 3.04. The maximum absolute atomic E-state index is 12.4. The number of piperazine rings is 1. The van der Waals surface area contributed by atoms with Crippen LogP contribution >= 0.6 is 15.9 Å². The Labute approximate surface area is 163 Å². The fraction of sp³-hybridized carbons (Fsp3) is 0.579. The second kappa shape index (κ2) is 8.86. The van der Waals surface area contributed by atoms with E-state index < -0.39 is 0 Å². The van der Waals surface area contributed by atoms with Gasteiger partial charge in [0, 0.05) is 36.7 Å². The summed E-state index contributed by atoms with van der Waals surface area (Å²) in [5.41, 5.74) is 0. The van der Waals surface area contributed by atoms with Gasteiger partial charge in [-0.1, -0.05) is 22.0 Å². The molecule has 2 aliphatic rings. The molecule has 1 saturated carbocycles. The highest BCUT2D eigenvalue weighted by Crippen LogP contribution is 2.20. The van der Waals surface area contributed by atoms with Crippen molar-refractivity contribution in [1.29, 1.82) is 0 Å². The highest BCUT2D eigenvalue weighted by atomic mass is 79.9. The molecule has 1 unspecified atom stereocenters. The number of amides is 2. The lowest BCUT2D eigenvalue weighted by Crippen LogP contribution is -2.55. The first kappa shape index (κ1) is 19.2. The van der Waals surface area contributed by atoms with Gasteiger partial charge in [0.1, 0.15) is 5.75 Å². The second-order valence-corrected chi connectivity index (χ2v) is 7.85. The summed E-state index contributed by atoms with van der Waals surface area (Å²) in [5, 5.41) is 3.05. The molecule has 1 saturated heterocycles. The molecule has 1 aliphatic carbocycles. The van der Waals surface area contributed by atoms with Gasteiger partial charge in [0.15, 0.2) is 0 Å². The topological polar surface area (TPSA) is 61.9 Å². The maximum Gasteiger partial charge on any atom is 0.237 e. The fourth-order valence-corrected chi connectivity index (χ4v) is 3.42. The average Bonchev–Trinajstić information content (AvgIpc) is 3.45. The van der Waals surface area contributed by atoms with E-state index >= 15 is 0 Å². The van der Waals surface area contributed by atoms with E-state index in [2.05, 4.69) is 26.1 Å². The average molecular weight is 424 g/mol. The number of benzene rings is 1. The van der Waals surface area contributed by atoms with Gasteiger partial charge in [-0.2, -0.15) is 0 Å². The number of hydrogen-bond acceptors (Lipinski definition) is 4. The second-order valence-electron chi connectivity index (χ2n) is 6.93. The predicted molar refractivity (Wildman–Crippen MR) is 103 cm³/mol. The maximum atomic E-state index is 12.4. The molecule has 1 heterocycles. The van der Waals surface area contributed by atoms with Gasteiger partial charge in [-0.15, -0.1) is 0 Å². The van der Waals surface area contributed by atoms with E-state index in [4.69, 9.17) is 4.74 Å². The van der Waals surface area contributed by atoms with Crippen LogP contribution in [0, 0.1) is 0 Å². The molecule has 26 heavy (non-hydrogen) atoms. The Morgan fingerprint density at radius 3 is 2.65 bits per heavy atom. The summed E-state index contributed by atoms with van der Waals surface area (Å²) in [7, 11) is 0. The summed E-state index contributed by atoms with van der Waals surface area (Å²) in [5.74, 6) is 0.969. The third-order valence-corrected chi connectivity index (χ3v) is 5.39. The molecular formula is C19H26BrN3O3. The monoisotopic (exact) mass is 423 g/mol. The normalized spacial score (nSPS) is 19.1. The zero-order valence-electron chi connectivity index (χ0n) is 15.1. The first-order valence-corrected chi connectivity index (χ1v) is 10.0. The number of carbonyl (C=O) groups excluding carboxylic acids is 2. The van der Waals surface area contributed by atoms with Crippen molar-refractivity contribution in [3.05, 3.63) is 28.7 Å². The Balaban J connectivity index is 1.37. The van der Waals surface area contributed by atoms with Gasteiger partial charge in [0.2, 0.25) is 11.8 Å². The van der Waals surface area contributed by atoms with E-state index in [0.29, 0.717) is 32.2 Å². The largest absolute Gasteiger partial charge is 0.493 e. The van der Waals surface area contributed by atoms with E-state index in [1.807, 2.05) is 36.1 Å². The summed E-state index contributed by atoms with van der Waals surface area (Å²) in [4.78, 5) is 28.5. The highest BCUT2D eigenvalue weighted by molar-refractivity contribution is 9.10. The zero-order valence-corrected chi connectivity index (χ0v) is 16.7. The lowest BCUT2D eigenvalue weighted by atomic mass is 10.2. The molecule has 1 aliphatic heterocycles. The molecular weight excluding hydrogens is 398 g/mol. The predicted octanol–water partition coefficient (Wildman–Crippen LogP) is 2.03. The zero-order chi connectivity index (χ0) is 18.5. The molecule has 1 aromatic rings. The van der Waals surface area contributed by atoms with Gasteiger partial charge < -0.3 is 15.0 Å². The Morgan fingerprint density at radius 2 is 2.00 bits per heavy atom. The molecule has 1 N–H and O–H groups in total. The number of nitrogens with zero attached hydrogens (tertiary/aromatic N) is 2. The smallest absolute Gasteiger partial charge is 0.237 e. The lowest BCUT2D eigenvalue weighted by Gasteiger charge is -2.37. The third-order valence-electron chi connectivity index (χ3n) is 4.90. The standard InChI is InChI=1S/C19H26BrN3O3/c1-14(19(25)21-16-5-6-16)22-8-10-23(11-9-22)18(24)7-12-26-17-4-2-3-15(20)13-17/h2-4,13-14,16H,5-12H2,1H3,(H,21,25). The van der Waals surface area contributed by atoms with Crippen molar-refractivity contribution < 1.29 is 14.3 Å². The SMILES string of the molecule is CC(C(=O)NC1CC1)N1CCN(C(=O)CCOc2cccc(Br)c2)CC1. The molecule has 142 valence electrons. The molecule has 7 heteroatoms. The van der Waals surface area contributed by atoms with E-state index in [0.717, 1.165) is 36.2 Å². The van der Waals surface area contributed by atoms with Crippen molar-refractivity contribution in [3.8, 4) is 5.75 Å². The molecule has 2 amide bonds. The molecule has 0 spiro atoms. The van der Waals surface area contributed by atoms with Crippen LogP contribution in [0.3, 0.4) is 0 Å². The first-order valence-electron chi connectivity index (χ1n) is 9.23. The van der Waals surface area contributed by atoms with Crippen molar-refractivity contribution in [2.45, 2.75) is 38.3 Å². The van der Waals surface area contributed by atoms with Crippen LogP contribution in [-0.2, 0) is 9.59 Å². The van der Waals surface area contributed by atoms with Crippen LogP contribution in [0.4, 0.5) is 0 Å². The summed E-state index contributed by atoms with van der Waals surface area (Å²) in [6, 6.07) is 7.86. The van der Waals surface area contributed by atoms with Crippen molar-refractivity contribution in [3.63, 3.8) is 0 Å². The Kier molecular flexibility index (Phi) is 6.53. The first-order chi connectivity index (χ1) is 12.5. The van der Waals surface area contributed by atoms with Crippen LogP contribution < -0.4 is 10.1 Å². The Morgan fingerprint density at radius 1 is 1.27 bits per heavy atom. The summed E-state index contributed by atoms with van der Waals surface area (Å²) >= 11 is 3.40. The van der Waals surface area contributed by atoms with Crippen molar-refractivity contribution in [1.82, 2.24) is 15.1 Å². The third kappa shape index (κ3) is 5.45. The van der Waals surface area contributed by atoms with Crippen LogP contribution in [0.5, 0.6) is 5.75 Å². The van der Waals surface area contributed by atoms with Gasteiger partial charge in [0.25, 0.3) is 0 Å². The molecule has 6 nitrogen and oxygen atoms in total. The highest BCUT2D eigenvalue weighted by Gasteiger charge is 2.30. The van der Waals surface area contributed by atoms with Crippen LogP contribution in [0.2, 0.25) is 0 Å². The van der Waals surface area contributed by atoms with Crippen LogP contribution in [-0.4, -0.2) is 66.5 Å². The van der Waals surface area contributed by atoms with Crippen molar-refractivity contribution >= 4 is 27.7 Å². The lowest BCUT2D eigenvalue weighted by molar-refractivity contribution is -0.134. The number of halogens is 1. The number of rotatable bonds is 7. The molecule has 0 bridgehead atoms. The van der Waals surface area contributed by atoms with Crippen LogP contribution in [0.1, 0.15) is 26.2 Å². The van der Waals surface area contributed by atoms with E-state index in [1.165, 1.54) is 0 Å². The van der Waals surface area contributed by atoms with E-state index in [1.54, 1.807) is 0 Å². The summed E-state index contributed by atoms with van der Waals surface area (Å²) in [6.07, 6.45) is 2.57. The number of ether oxygens (including phenoxy) is 1. The van der Waals surface area contributed by atoms with Gasteiger partial charge in [-0.3, -0.25) is 14.5 Å². The molecule has 0 aromatic heterocycles. The van der Waals surface area contributed by atoms with Gasteiger partial charge in [-0.05, 0) is 38.0 Å². The molecule has 2 fully saturated rings. The van der Waals surface area contributed by atoms with E-state index in [9.17, 15) is 9.59 Å². The summed E-state index contributed by atoms with van der Waals surface area (Å²) in [6.45, 7) is 5.11. The number of carbonyl (C=O) groups is 2. The quantitative estimate of drug-likeness (QED) is 0.728. The Hall–Kier alpha value is -1.60. The van der Waals surface area contributed by atoms with Crippen molar-refractivity contribution in [2.24, 2.45) is 0 Å².